The number of nitrogens with zero attached hydrogens (tertiary/aromatic N) is 2. The fourth-order valence-electron chi connectivity index (χ4n) is 4.92. The monoisotopic (exact) mass is 374 g/mol. The number of amides is 1. The minimum absolute atomic E-state index is 0.0583. The van der Waals surface area contributed by atoms with Gasteiger partial charge in [-0.2, -0.15) is 0 Å². The van der Waals surface area contributed by atoms with E-state index in [9.17, 15) is 4.79 Å². The summed E-state index contributed by atoms with van der Waals surface area (Å²) in [6, 6.07) is 4.22. The molecule has 0 N–H and O–H groups in total. The topological polar surface area (TPSA) is 51.2 Å². The van der Waals surface area contributed by atoms with Crippen LogP contribution in [-0.4, -0.2) is 69.3 Å². The normalized spacial score (nSPS) is 24.7. The van der Waals surface area contributed by atoms with Gasteiger partial charge in [0.05, 0.1) is 32.5 Å². The van der Waals surface area contributed by atoms with Gasteiger partial charge in [-0.15, -0.1) is 0 Å². The SMILES string of the molecule is COc1cc2c(cc1OC)C1(CCN(C(=O)[C@@H]3CCCN3C)CC1)OCC2. The van der Waals surface area contributed by atoms with E-state index in [1.165, 1.54) is 11.1 Å². The van der Waals surface area contributed by atoms with Crippen LogP contribution in [-0.2, 0) is 21.6 Å². The lowest BCUT2D eigenvalue weighted by atomic mass is 9.79. The van der Waals surface area contributed by atoms with E-state index in [1.54, 1.807) is 14.2 Å². The van der Waals surface area contributed by atoms with Crippen LogP contribution in [0.4, 0.5) is 0 Å². The van der Waals surface area contributed by atoms with Crippen molar-refractivity contribution in [1.29, 1.82) is 0 Å². The summed E-state index contributed by atoms with van der Waals surface area (Å²) in [5.41, 5.74) is 2.16. The third-order valence-electron chi connectivity index (χ3n) is 6.54. The van der Waals surface area contributed by atoms with Crippen LogP contribution in [0.3, 0.4) is 0 Å². The summed E-state index contributed by atoms with van der Waals surface area (Å²) in [5, 5.41) is 0. The number of carbonyl (C=O) groups is 1. The zero-order valence-electron chi connectivity index (χ0n) is 16.6. The second-order valence-electron chi connectivity index (χ2n) is 7.92. The summed E-state index contributed by atoms with van der Waals surface area (Å²) in [7, 11) is 5.39. The number of hydrogen-bond acceptors (Lipinski definition) is 5. The van der Waals surface area contributed by atoms with Gasteiger partial charge in [0.1, 0.15) is 0 Å². The van der Waals surface area contributed by atoms with Gasteiger partial charge >= 0.3 is 0 Å². The predicted octanol–water partition coefficient (Wildman–Crippen LogP) is 2.19. The number of methoxy groups -OCH3 is 2. The fraction of sp³-hybridized carbons (Fsp3) is 0.667. The molecule has 1 aromatic rings. The molecule has 2 fully saturated rings. The van der Waals surface area contributed by atoms with Crippen molar-refractivity contribution in [3.8, 4) is 11.5 Å². The van der Waals surface area contributed by atoms with Crippen LogP contribution in [0.25, 0.3) is 0 Å². The lowest BCUT2D eigenvalue weighted by Gasteiger charge is -2.45. The van der Waals surface area contributed by atoms with Crippen LogP contribution < -0.4 is 9.47 Å². The highest BCUT2D eigenvalue weighted by Crippen LogP contribution is 2.45. The lowest BCUT2D eigenvalue weighted by molar-refractivity contribution is -0.144. The van der Waals surface area contributed by atoms with Crippen molar-refractivity contribution >= 4 is 5.91 Å². The molecule has 27 heavy (non-hydrogen) atoms. The molecule has 0 radical (unpaired) electrons. The maximum Gasteiger partial charge on any atom is 0.239 e. The molecule has 0 aliphatic carbocycles. The van der Waals surface area contributed by atoms with E-state index in [0.29, 0.717) is 6.61 Å². The zero-order valence-corrected chi connectivity index (χ0v) is 16.6. The Labute approximate surface area is 161 Å². The average Bonchev–Trinajstić information content (AvgIpc) is 3.13. The molecule has 3 heterocycles. The number of likely N-dealkylation sites (N-methyl/N-ethyl adjacent to an activating group) is 1. The van der Waals surface area contributed by atoms with Crippen molar-refractivity contribution < 1.29 is 19.0 Å². The van der Waals surface area contributed by atoms with Gasteiger partial charge < -0.3 is 19.1 Å². The van der Waals surface area contributed by atoms with Gasteiger partial charge in [0.2, 0.25) is 5.91 Å². The van der Waals surface area contributed by atoms with E-state index < -0.39 is 0 Å². The molecular formula is C21H30N2O4. The Balaban J connectivity index is 1.54. The molecular weight excluding hydrogens is 344 g/mol. The third kappa shape index (κ3) is 3.19. The number of likely N-dealkylation sites (tertiary alicyclic amines) is 2. The van der Waals surface area contributed by atoms with Crippen LogP contribution in [0.15, 0.2) is 12.1 Å². The van der Waals surface area contributed by atoms with Gasteiger partial charge in [0.25, 0.3) is 0 Å². The molecule has 1 spiro atoms. The van der Waals surface area contributed by atoms with Crippen molar-refractivity contribution in [3.05, 3.63) is 23.3 Å². The van der Waals surface area contributed by atoms with Crippen molar-refractivity contribution in [2.45, 2.75) is 43.7 Å². The molecule has 0 saturated carbocycles. The van der Waals surface area contributed by atoms with E-state index >= 15 is 0 Å². The molecule has 148 valence electrons. The molecule has 1 aromatic carbocycles. The highest BCUT2D eigenvalue weighted by atomic mass is 16.5. The Hall–Kier alpha value is -1.79. The zero-order chi connectivity index (χ0) is 19.0. The third-order valence-corrected chi connectivity index (χ3v) is 6.54. The summed E-state index contributed by atoms with van der Waals surface area (Å²) in [5.74, 6) is 1.80. The molecule has 0 bridgehead atoms. The van der Waals surface area contributed by atoms with Gasteiger partial charge in [0, 0.05) is 13.1 Å². The van der Waals surface area contributed by atoms with Crippen molar-refractivity contribution in [2.24, 2.45) is 0 Å². The summed E-state index contributed by atoms with van der Waals surface area (Å²) in [6.07, 6.45) is 4.64. The minimum Gasteiger partial charge on any atom is -0.493 e. The average molecular weight is 374 g/mol. The summed E-state index contributed by atoms with van der Waals surface area (Å²) in [4.78, 5) is 17.1. The molecule has 0 aromatic heterocycles. The van der Waals surface area contributed by atoms with Crippen LogP contribution in [0.2, 0.25) is 0 Å². The predicted molar refractivity (Wildman–Crippen MR) is 102 cm³/mol. The van der Waals surface area contributed by atoms with Gasteiger partial charge in [-0.25, -0.2) is 0 Å². The molecule has 6 nitrogen and oxygen atoms in total. The van der Waals surface area contributed by atoms with Crippen LogP contribution in [0.5, 0.6) is 11.5 Å². The van der Waals surface area contributed by atoms with Crippen molar-refractivity contribution in [3.63, 3.8) is 0 Å². The van der Waals surface area contributed by atoms with E-state index in [1.807, 2.05) is 4.90 Å². The van der Waals surface area contributed by atoms with Crippen LogP contribution in [0.1, 0.15) is 36.8 Å². The molecule has 3 aliphatic rings. The first-order chi connectivity index (χ1) is 13.1. The first kappa shape index (κ1) is 18.6. The number of carbonyl (C=O) groups excluding carboxylic acids is 1. The van der Waals surface area contributed by atoms with E-state index in [2.05, 4.69) is 24.1 Å². The van der Waals surface area contributed by atoms with Crippen molar-refractivity contribution in [2.75, 3.05) is 47.5 Å². The molecule has 4 rings (SSSR count). The van der Waals surface area contributed by atoms with E-state index in [0.717, 1.165) is 63.2 Å². The molecule has 2 saturated heterocycles. The molecule has 1 atom stereocenters. The summed E-state index contributed by atoms with van der Waals surface area (Å²) >= 11 is 0. The fourth-order valence-corrected chi connectivity index (χ4v) is 4.92. The van der Waals surface area contributed by atoms with E-state index in [-0.39, 0.29) is 17.6 Å². The van der Waals surface area contributed by atoms with Crippen molar-refractivity contribution in [1.82, 2.24) is 9.80 Å². The number of fused-ring (bicyclic) bond motifs is 2. The standard InChI is InChI=1S/C21H30N2O4/c1-22-9-4-5-17(22)20(24)23-10-7-21(8-11-23)16-14-19(26-3)18(25-2)13-15(16)6-12-27-21/h13-14,17H,4-12H2,1-3H3/t17-/m0/s1. The molecule has 0 unspecified atom stereocenters. The van der Waals surface area contributed by atoms with Gasteiger partial charge in [-0.3, -0.25) is 9.69 Å². The Bertz CT molecular complexity index is 712. The lowest BCUT2D eigenvalue weighted by Crippen LogP contribution is -2.52. The Morgan fingerprint density at radius 1 is 1.15 bits per heavy atom. The number of benzene rings is 1. The maximum atomic E-state index is 12.9. The quantitative estimate of drug-likeness (QED) is 0.812. The Kier molecular flexibility index (Phi) is 5.03. The number of piperidine rings is 1. The van der Waals surface area contributed by atoms with E-state index in [4.69, 9.17) is 14.2 Å². The Morgan fingerprint density at radius 2 is 1.85 bits per heavy atom. The summed E-state index contributed by atoms with van der Waals surface area (Å²) < 4.78 is 17.3. The van der Waals surface area contributed by atoms with Gasteiger partial charge in [0.15, 0.2) is 11.5 Å². The maximum absolute atomic E-state index is 12.9. The van der Waals surface area contributed by atoms with Gasteiger partial charge in [-0.1, -0.05) is 0 Å². The largest absolute Gasteiger partial charge is 0.493 e. The minimum atomic E-state index is -0.314. The van der Waals surface area contributed by atoms with Crippen LogP contribution in [0, 0.1) is 0 Å². The number of ether oxygens (including phenoxy) is 3. The highest BCUT2D eigenvalue weighted by molar-refractivity contribution is 5.82. The Morgan fingerprint density at radius 3 is 2.48 bits per heavy atom. The summed E-state index contributed by atoms with van der Waals surface area (Å²) in [6.45, 7) is 3.22. The second kappa shape index (κ2) is 7.32. The molecule has 3 aliphatic heterocycles. The smallest absolute Gasteiger partial charge is 0.239 e. The first-order valence-corrected chi connectivity index (χ1v) is 9.96. The molecule has 1 amide bonds. The second-order valence-corrected chi connectivity index (χ2v) is 7.92. The highest BCUT2D eigenvalue weighted by Gasteiger charge is 2.43. The number of rotatable bonds is 3. The number of hydrogen-bond donors (Lipinski definition) is 0. The van der Waals surface area contributed by atoms with Gasteiger partial charge in [-0.05, 0) is 69.0 Å². The molecule has 6 heteroatoms. The first-order valence-electron chi connectivity index (χ1n) is 9.96. The van der Waals surface area contributed by atoms with Crippen LogP contribution >= 0.6 is 0 Å².